The first-order valence-electron chi connectivity index (χ1n) is 6.28. The number of aliphatic hydroxyl groups is 1. The van der Waals surface area contributed by atoms with Gasteiger partial charge in [-0.05, 0) is 31.2 Å². The fraction of sp³-hybridized carbons (Fsp3) is 0.214. The molecule has 2 heterocycles. The molecule has 0 aliphatic carbocycles. The molecule has 3 rings (SSSR count). The molecule has 5 nitrogen and oxygen atoms in total. The number of thiazole rings is 1. The largest absolute Gasteiger partial charge is 0.494 e. The van der Waals surface area contributed by atoms with Crippen LogP contribution in [0.4, 0.5) is 0 Å². The minimum atomic E-state index is -0.121. The zero-order valence-electron chi connectivity index (χ0n) is 10.9. The van der Waals surface area contributed by atoms with Gasteiger partial charge in [-0.25, -0.2) is 0 Å². The normalized spacial score (nSPS) is 10.9. The monoisotopic (exact) mass is 290 g/mol. The van der Waals surface area contributed by atoms with Gasteiger partial charge in [-0.3, -0.25) is 4.40 Å². The Bertz CT molecular complexity index is 703. The highest BCUT2D eigenvalue weighted by atomic mass is 32.1. The predicted molar refractivity (Wildman–Crippen MR) is 76.7 cm³/mol. The number of ether oxygens (including phenoxy) is 2. The van der Waals surface area contributed by atoms with Crippen molar-refractivity contribution in [1.82, 2.24) is 9.38 Å². The molecule has 1 aromatic carbocycles. The third kappa shape index (κ3) is 2.35. The molecular formula is C14H14N2O3S. The van der Waals surface area contributed by atoms with Crippen LogP contribution >= 0.6 is 11.3 Å². The van der Waals surface area contributed by atoms with E-state index in [-0.39, 0.29) is 6.61 Å². The number of fused-ring (bicyclic) bond motifs is 1. The van der Waals surface area contributed by atoms with Crippen molar-refractivity contribution in [2.24, 2.45) is 0 Å². The van der Waals surface area contributed by atoms with Crippen LogP contribution in [0.3, 0.4) is 0 Å². The third-order valence-electron chi connectivity index (χ3n) is 2.82. The van der Waals surface area contributed by atoms with E-state index in [9.17, 15) is 5.11 Å². The Kier molecular flexibility index (Phi) is 3.58. The number of hydrogen-bond acceptors (Lipinski definition) is 5. The molecular weight excluding hydrogens is 276 g/mol. The standard InChI is InChI=1S/C14H14N2O3S/c1-2-18-10-3-5-11(6-4-10)19-13-12(9-17)16-7-8-20-14(16)15-13/h3-8,17H,2,9H2,1H3. The number of benzene rings is 1. The molecule has 0 saturated heterocycles. The van der Waals surface area contributed by atoms with E-state index in [1.807, 2.05) is 47.2 Å². The molecule has 0 atom stereocenters. The van der Waals surface area contributed by atoms with E-state index in [4.69, 9.17) is 9.47 Å². The van der Waals surface area contributed by atoms with E-state index >= 15 is 0 Å². The minimum Gasteiger partial charge on any atom is -0.494 e. The lowest BCUT2D eigenvalue weighted by molar-refractivity contribution is 0.269. The highest BCUT2D eigenvalue weighted by Crippen LogP contribution is 2.28. The smallest absolute Gasteiger partial charge is 0.244 e. The number of rotatable bonds is 5. The first-order chi connectivity index (χ1) is 9.81. The van der Waals surface area contributed by atoms with Crippen LogP contribution in [0.1, 0.15) is 12.6 Å². The Balaban J connectivity index is 1.86. The molecule has 0 saturated carbocycles. The lowest BCUT2D eigenvalue weighted by atomic mass is 10.3. The first-order valence-corrected chi connectivity index (χ1v) is 7.15. The fourth-order valence-electron chi connectivity index (χ4n) is 1.92. The summed E-state index contributed by atoms with van der Waals surface area (Å²) in [5.74, 6) is 1.89. The zero-order valence-corrected chi connectivity index (χ0v) is 11.8. The van der Waals surface area contributed by atoms with Crippen LogP contribution in [-0.4, -0.2) is 21.1 Å². The van der Waals surface area contributed by atoms with Gasteiger partial charge in [0.1, 0.15) is 17.2 Å². The summed E-state index contributed by atoms with van der Waals surface area (Å²) in [6.45, 7) is 2.45. The lowest BCUT2D eigenvalue weighted by Gasteiger charge is -2.06. The van der Waals surface area contributed by atoms with E-state index in [1.54, 1.807) is 0 Å². The Morgan fingerprint density at radius 2 is 2.00 bits per heavy atom. The molecule has 0 aliphatic rings. The number of nitrogens with zero attached hydrogens (tertiary/aromatic N) is 2. The average molecular weight is 290 g/mol. The summed E-state index contributed by atoms with van der Waals surface area (Å²) < 4.78 is 12.9. The van der Waals surface area contributed by atoms with Gasteiger partial charge in [-0.15, -0.1) is 11.3 Å². The van der Waals surface area contributed by atoms with Gasteiger partial charge in [-0.2, -0.15) is 4.98 Å². The van der Waals surface area contributed by atoms with Crippen molar-refractivity contribution >= 4 is 16.3 Å². The summed E-state index contributed by atoms with van der Waals surface area (Å²) >= 11 is 1.50. The summed E-state index contributed by atoms with van der Waals surface area (Å²) in [7, 11) is 0. The van der Waals surface area contributed by atoms with Crippen LogP contribution < -0.4 is 9.47 Å². The summed E-state index contributed by atoms with van der Waals surface area (Å²) in [6.07, 6.45) is 1.86. The molecule has 20 heavy (non-hydrogen) atoms. The maximum absolute atomic E-state index is 9.46. The first kappa shape index (κ1) is 13.0. The highest BCUT2D eigenvalue weighted by molar-refractivity contribution is 7.15. The van der Waals surface area contributed by atoms with Crippen LogP contribution in [-0.2, 0) is 6.61 Å². The van der Waals surface area contributed by atoms with Crippen molar-refractivity contribution in [3.8, 4) is 17.4 Å². The molecule has 0 bridgehead atoms. The van der Waals surface area contributed by atoms with Crippen molar-refractivity contribution < 1.29 is 14.6 Å². The van der Waals surface area contributed by atoms with E-state index < -0.39 is 0 Å². The molecule has 6 heteroatoms. The molecule has 3 aromatic rings. The van der Waals surface area contributed by atoms with E-state index in [0.29, 0.717) is 23.9 Å². The van der Waals surface area contributed by atoms with Gasteiger partial charge in [0.25, 0.3) is 0 Å². The Morgan fingerprint density at radius 1 is 1.25 bits per heavy atom. The molecule has 0 aliphatic heterocycles. The van der Waals surface area contributed by atoms with E-state index in [1.165, 1.54) is 11.3 Å². The van der Waals surface area contributed by atoms with Crippen LogP contribution in [0.5, 0.6) is 17.4 Å². The second kappa shape index (κ2) is 5.52. The second-order valence-corrected chi connectivity index (χ2v) is 4.96. The number of aromatic nitrogens is 2. The van der Waals surface area contributed by atoms with Crippen LogP contribution in [0.15, 0.2) is 35.8 Å². The summed E-state index contributed by atoms with van der Waals surface area (Å²) in [6, 6.07) is 7.32. The molecule has 1 N–H and O–H groups in total. The fourth-order valence-corrected chi connectivity index (χ4v) is 2.65. The molecule has 0 radical (unpaired) electrons. The Morgan fingerprint density at radius 3 is 2.70 bits per heavy atom. The Hall–Kier alpha value is -2.05. The number of hydrogen-bond donors (Lipinski definition) is 1. The number of aliphatic hydroxyl groups excluding tert-OH is 1. The van der Waals surface area contributed by atoms with Gasteiger partial charge < -0.3 is 14.6 Å². The predicted octanol–water partition coefficient (Wildman–Crippen LogP) is 3.08. The molecule has 2 aromatic heterocycles. The lowest BCUT2D eigenvalue weighted by Crippen LogP contribution is -1.94. The quantitative estimate of drug-likeness (QED) is 0.784. The van der Waals surface area contributed by atoms with Crippen LogP contribution in [0.25, 0.3) is 4.96 Å². The molecule has 0 fully saturated rings. The van der Waals surface area contributed by atoms with E-state index in [0.717, 1.165) is 10.7 Å². The molecule has 0 unspecified atom stereocenters. The average Bonchev–Trinajstić information content (AvgIpc) is 3.01. The van der Waals surface area contributed by atoms with Crippen LogP contribution in [0, 0.1) is 0 Å². The van der Waals surface area contributed by atoms with Gasteiger partial charge >= 0.3 is 0 Å². The third-order valence-corrected chi connectivity index (χ3v) is 3.58. The maximum Gasteiger partial charge on any atom is 0.244 e. The van der Waals surface area contributed by atoms with Gasteiger partial charge in [-0.1, -0.05) is 0 Å². The highest BCUT2D eigenvalue weighted by Gasteiger charge is 2.14. The van der Waals surface area contributed by atoms with Crippen molar-refractivity contribution in [3.05, 3.63) is 41.5 Å². The second-order valence-electron chi connectivity index (χ2n) is 4.08. The van der Waals surface area contributed by atoms with Crippen molar-refractivity contribution in [1.29, 1.82) is 0 Å². The van der Waals surface area contributed by atoms with Crippen molar-refractivity contribution in [2.45, 2.75) is 13.5 Å². The topological polar surface area (TPSA) is 56.0 Å². The van der Waals surface area contributed by atoms with Crippen LogP contribution in [0.2, 0.25) is 0 Å². The molecule has 104 valence electrons. The molecule has 0 spiro atoms. The van der Waals surface area contributed by atoms with Crippen molar-refractivity contribution in [3.63, 3.8) is 0 Å². The Labute approximate surface area is 120 Å². The summed E-state index contributed by atoms with van der Waals surface area (Å²) in [4.78, 5) is 5.17. The minimum absolute atomic E-state index is 0.121. The van der Waals surface area contributed by atoms with E-state index in [2.05, 4.69) is 4.98 Å². The number of imidazole rings is 1. The summed E-state index contributed by atoms with van der Waals surface area (Å²) in [5, 5.41) is 11.4. The van der Waals surface area contributed by atoms with Gasteiger partial charge in [0.15, 0.2) is 4.96 Å². The SMILES string of the molecule is CCOc1ccc(Oc2nc3sccn3c2CO)cc1. The molecule has 0 amide bonds. The maximum atomic E-state index is 9.46. The summed E-state index contributed by atoms with van der Waals surface area (Å²) in [5.41, 5.74) is 0.648. The van der Waals surface area contributed by atoms with Crippen molar-refractivity contribution in [2.75, 3.05) is 6.61 Å². The van der Waals surface area contributed by atoms with Gasteiger partial charge in [0, 0.05) is 11.6 Å². The van der Waals surface area contributed by atoms with Gasteiger partial charge in [0.05, 0.1) is 13.2 Å². The zero-order chi connectivity index (χ0) is 13.9. The van der Waals surface area contributed by atoms with Gasteiger partial charge in [0.2, 0.25) is 5.88 Å².